The molecule has 3 atom stereocenters. The minimum Gasteiger partial charge on any atom is -0.468 e. The summed E-state index contributed by atoms with van der Waals surface area (Å²) in [5, 5.41) is 11.0. The van der Waals surface area contributed by atoms with Crippen molar-refractivity contribution >= 4 is 17.6 Å². The minimum atomic E-state index is -1.19. The molecule has 5 heteroatoms. The highest BCUT2D eigenvalue weighted by Gasteiger charge is 2.64. The number of hydrogen-bond donors (Lipinski definition) is 1. The van der Waals surface area contributed by atoms with Crippen LogP contribution in [0.5, 0.6) is 0 Å². The Kier molecular flexibility index (Phi) is 3.56. The third-order valence-corrected chi connectivity index (χ3v) is 5.09. The van der Waals surface area contributed by atoms with Gasteiger partial charge in [0.15, 0.2) is 0 Å². The number of fused-ring (bicyclic) bond motifs is 3. The molecule has 1 saturated heterocycles. The van der Waals surface area contributed by atoms with Crippen LogP contribution in [0, 0.1) is 0 Å². The normalized spacial score (nSPS) is 32.2. The number of carbonyl (C=O) groups excluding carboxylic acids is 2. The monoisotopic (exact) mass is 315 g/mol. The fourth-order valence-electron chi connectivity index (χ4n) is 4.21. The highest BCUT2D eigenvalue weighted by atomic mass is 16.5. The van der Waals surface area contributed by atoms with Gasteiger partial charge in [-0.3, -0.25) is 9.59 Å². The molecule has 1 N–H and O–H groups in total. The average Bonchev–Trinajstić information content (AvgIpc) is 2.85. The Hall–Kier alpha value is -2.14. The third-order valence-electron chi connectivity index (χ3n) is 5.09. The van der Waals surface area contributed by atoms with E-state index in [-0.39, 0.29) is 12.3 Å². The Morgan fingerprint density at radius 3 is 2.87 bits per heavy atom. The predicted octanol–water partition coefficient (Wildman–Crippen LogP) is 1.93. The summed E-state index contributed by atoms with van der Waals surface area (Å²) in [6, 6.07) is 6.61. The molecule has 0 spiro atoms. The van der Waals surface area contributed by atoms with Crippen LogP contribution >= 0.6 is 0 Å². The molecule has 5 nitrogen and oxygen atoms in total. The molecule has 3 rings (SSSR count). The van der Waals surface area contributed by atoms with E-state index < -0.39 is 23.0 Å². The number of amides is 1. The lowest BCUT2D eigenvalue weighted by molar-refractivity contribution is -0.153. The maximum absolute atomic E-state index is 12.8. The lowest BCUT2D eigenvalue weighted by atomic mass is 9.66. The maximum Gasteiger partial charge on any atom is 0.318 e. The number of esters is 1. The van der Waals surface area contributed by atoms with Crippen LogP contribution in [0.2, 0.25) is 0 Å². The standard InChI is InChI=1S/C18H21NO4/c1-4-10-18(16(21)23-3)12-7-5-6-8-13(12)19-14(20)9-11-17(2,22)15(18)19/h4-8,15,22H,1,9-11H2,2-3H3/t15-,17-,18-/m0/s1. The number of aliphatic hydroxyl groups is 1. The first kappa shape index (κ1) is 15.7. The largest absolute Gasteiger partial charge is 0.468 e. The highest BCUT2D eigenvalue weighted by Crippen LogP contribution is 2.54. The van der Waals surface area contributed by atoms with Gasteiger partial charge in [0.05, 0.1) is 18.8 Å². The van der Waals surface area contributed by atoms with Crippen LogP contribution in [0.25, 0.3) is 0 Å². The zero-order chi connectivity index (χ0) is 16.8. The van der Waals surface area contributed by atoms with E-state index in [1.807, 2.05) is 24.3 Å². The van der Waals surface area contributed by atoms with E-state index in [1.54, 1.807) is 17.9 Å². The SMILES string of the molecule is C=CC[C@]1(C(=O)OC)c2ccccc2N2C(=O)CC[C@](C)(O)[C@H]21. The Morgan fingerprint density at radius 2 is 2.22 bits per heavy atom. The summed E-state index contributed by atoms with van der Waals surface area (Å²) >= 11 is 0. The molecule has 1 amide bonds. The molecule has 0 bridgehead atoms. The molecule has 0 unspecified atom stereocenters. The van der Waals surface area contributed by atoms with E-state index >= 15 is 0 Å². The number of benzene rings is 1. The van der Waals surface area contributed by atoms with Gasteiger partial charge in [-0.15, -0.1) is 6.58 Å². The van der Waals surface area contributed by atoms with Crippen molar-refractivity contribution in [2.24, 2.45) is 0 Å². The predicted molar refractivity (Wildman–Crippen MR) is 86.1 cm³/mol. The third kappa shape index (κ3) is 1.96. The molecule has 2 heterocycles. The molecular formula is C18H21NO4. The Labute approximate surface area is 135 Å². The van der Waals surface area contributed by atoms with Gasteiger partial charge in [0, 0.05) is 12.1 Å². The number of anilines is 1. The quantitative estimate of drug-likeness (QED) is 0.684. The summed E-state index contributed by atoms with van der Waals surface area (Å²) in [6.45, 7) is 5.45. The molecule has 122 valence electrons. The molecule has 0 saturated carbocycles. The second-order valence-corrected chi connectivity index (χ2v) is 6.50. The lowest BCUT2D eigenvalue weighted by Crippen LogP contribution is -2.65. The number of para-hydroxylation sites is 1. The van der Waals surface area contributed by atoms with E-state index in [4.69, 9.17) is 4.74 Å². The van der Waals surface area contributed by atoms with Gasteiger partial charge in [-0.25, -0.2) is 0 Å². The van der Waals surface area contributed by atoms with Gasteiger partial charge in [0.2, 0.25) is 5.91 Å². The molecule has 1 fully saturated rings. The van der Waals surface area contributed by atoms with Crippen LogP contribution in [0.3, 0.4) is 0 Å². The summed E-state index contributed by atoms with van der Waals surface area (Å²) < 4.78 is 5.09. The van der Waals surface area contributed by atoms with Crippen molar-refractivity contribution in [2.75, 3.05) is 12.0 Å². The van der Waals surface area contributed by atoms with Gasteiger partial charge in [-0.2, -0.15) is 0 Å². The Morgan fingerprint density at radius 1 is 1.52 bits per heavy atom. The lowest BCUT2D eigenvalue weighted by Gasteiger charge is -2.47. The van der Waals surface area contributed by atoms with Crippen molar-refractivity contribution < 1.29 is 19.4 Å². The molecule has 0 aliphatic carbocycles. The van der Waals surface area contributed by atoms with E-state index in [0.717, 1.165) is 0 Å². The van der Waals surface area contributed by atoms with Crippen LogP contribution in [0.4, 0.5) is 5.69 Å². The second-order valence-electron chi connectivity index (χ2n) is 6.50. The topological polar surface area (TPSA) is 66.8 Å². The fraction of sp³-hybridized carbons (Fsp3) is 0.444. The molecule has 2 aliphatic heterocycles. The van der Waals surface area contributed by atoms with Crippen molar-refractivity contribution in [3.8, 4) is 0 Å². The number of nitrogens with zero attached hydrogens (tertiary/aromatic N) is 1. The Bertz CT molecular complexity index is 681. The first-order chi connectivity index (χ1) is 10.9. The number of rotatable bonds is 3. The number of ether oxygens (including phenoxy) is 1. The van der Waals surface area contributed by atoms with Gasteiger partial charge < -0.3 is 14.7 Å². The number of carbonyl (C=O) groups is 2. The fourth-order valence-corrected chi connectivity index (χ4v) is 4.21. The van der Waals surface area contributed by atoms with Gasteiger partial charge in [-0.05, 0) is 31.4 Å². The van der Waals surface area contributed by atoms with Gasteiger partial charge in [0.25, 0.3) is 0 Å². The number of piperidine rings is 1. The zero-order valence-electron chi connectivity index (χ0n) is 13.4. The van der Waals surface area contributed by atoms with Crippen molar-refractivity contribution in [1.29, 1.82) is 0 Å². The number of allylic oxidation sites excluding steroid dienone is 1. The molecule has 23 heavy (non-hydrogen) atoms. The highest BCUT2D eigenvalue weighted by molar-refractivity contribution is 6.03. The molecule has 0 radical (unpaired) electrons. The zero-order valence-corrected chi connectivity index (χ0v) is 13.4. The Balaban J connectivity index is 2.33. The van der Waals surface area contributed by atoms with Crippen molar-refractivity contribution in [3.05, 3.63) is 42.5 Å². The van der Waals surface area contributed by atoms with Crippen molar-refractivity contribution in [3.63, 3.8) is 0 Å². The smallest absolute Gasteiger partial charge is 0.318 e. The van der Waals surface area contributed by atoms with Crippen LogP contribution in [0.15, 0.2) is 36.9 Å². The first-order valence-electron chi connectivity index (χ1n) is 7.73. The van der Waals surface area contributed by atoms with Crippen LogP contribution in [0.1, 0.15) is 31.7 Å². The van der Waals surface area contributed by atoms with Crippen LogP contribution in [-0.4, -0.2) is 35.7 Å². The van der Waals surface area contributed by atoms with Crippen molar-refractivity contribution in [1.82, 2.24) is 0 Å². The number of hydrogen-bond acceptors (Lipinski definition) is 4. The van der Waals surface area contributed by atoms with Crippen LogP contribution < -0.4 is 4.90 Å². The van der Waals surface area contributed by atoms with Gasteiger partial charge in [-0.1, -0.05) is 24.3 Å². The first-order valence-corrected chi connectivity index (χ1v) is 7.73. The molecule has 0 aromatic heterocycles. The summed E-state index contributed by atoms with van der Waals surface area (Å²) in [6.07, 6.45) is 2.51. The van der Waals surface area contributed by atoms with E-state index in [9.17, 15) is 14.7 Å². The van der Waals surface area contributed by atoms with E-state index in [2.05, 4.69) is 6.58 Å². The molecule has 1 aromatic rings. The molecule has 1 aromatic carbocycles. The summed E-state index contributed by atoms with van der Waals surface area (Å²) in [7, 11) is 1.33. The minimum absolute atomic E-state index is 0.0798. The summed E-state index contributed by atoms with van der Waals surface area (Å²) in [4.78, 5) is 27.0. The molecule has 2 aliphatic rings. The average molecular weight is 315 g/mol. The summed E-state index contributed by atoms with van der Waals surface area (Å²) in [5.74, 6) is -0.531. The van der Waals surface area contributed by atoms with E-state index in [1.165, 1.54) is 7.11 Å². The summed E-state index contributed by atoms with van der Waals surface area (Å²) in [5.41, 5.74) is -0.932. The number of methoxy groups -OCH3 is 1. The molecular weight excluding hydrogens is 294 g/mol. The maximum atomic E-state index is 12.8. The van der Waals surface area contributed by atoms with E-state index in [0.29, 0.717) is 24.1 Å². The van der Waals surface area contributed by atoms with Gasteiger partial charge >= 0.3 is 5.97 Å². The van der Waals surface area contributed by atoms with Crippen LogP contribution in [-0.2, 0) is 19.7 Å². The van der Waals surface area contributed by atoms with Crippen molar-refractivity contribution in [2.45, 2.75) is 43.2 Å². The van der Waals surface area contributed by atoms with Gasteiger partial charge in [0.1, 0.15) is 5.41 Å². The second kappa shape index (κ2) is 5.20.